The SMILES string of the molecule is C[C@]12CS[C@@H](CNCCOCCOCCN=[N+]=[N-])[C@@]1(C)NC(=O)N2. The Balaban J connectivity index is 1.52. The van der Waals surface area contributed by atoms with Crippen molar-refractivity contribution >= 4 is 17.8 Å². The van der Waals surface area contributed by atoms with Crippen LogP contribution in [0, 0.1) is 0 Å². The molecule has 3 atom stereocenters. The van der Waals surface area contributed by atoms with Crippen LogP contribution < -0.4 is 16.0 Å². The predicted octanol–water partition coefficient (Wildman–Crippen LogP) is 0.865. The van der Waals surface area contributed by atoms with Crippen LogP contribution >= 0.6 is 11.8 Å². The molecule has 24 heavy (non-hydrogen) atoms. The monoisotopic (exact) mass is 358 g/mol. The lowest BCUT2D eigenvalue weighted by Gasteiger charge is -2.35. The smallest absolute Gasteiger partial charge is 0.315 e. The second-order valence-electron chi connectivity index (χ2n) is 6.30. The fraction of sp³-hybridized carbons (Fsp3) is 0.929. The maximum atomic E-state index is 11.7. The van der Waals surface area contributed by atoms with Gasteiger partial charge in [0.25, 0.3) is 0 Å². The quantitative estimate of drug-likeness (QED) is 0.166. The highest BCUT2D eigenvalue weighted by Crippen LogP contribution is 2.45. The summed E-state index contributed by atoms with van der Waals surface area (Å²) < 4.78 is 10.7. The molecular weight excluding hydrogens is 332 g/mol. The normalized spacial score (nSPS) is 31.2. The van der Waals surface area contributed by atoms with Crippen molar-refractivity contribution in [1.82, 2.24) is 16.0 Å². The first kappa shape index (κ1) is 19.1. The Hall–Kier alpha value is -1.19. The standard InChI is InChI=1S/C14H26N6O3S/c1-13-10-24-11(14(13,2)19-12(21)18-13)9-16-3-5-22-7-8-23-6-4-17-20-15/h11,16H,3-10H2,1-2H3,(H2,18,19,21)/t11-,13-,14+/m0/s1. The number of hydrogen-bond donors (Lipinski definition) is 3. The van der Waals surface area contributed by atoms with Gasteiger partial charge in [0, 0.05) is 35.5 Å². The number of carbonyl (C=O) groups is 1. The Kier molecular flexibility index (Phi) is 7.00. The van der Waals surface area contributed by atoms with Crippen molar-refractivity contribution in [1.29, 1.82) is 0 Å². The third-order valence-corrected chi connectivity index (χ3v) is 6.43. The van der Waals surface area contributed by atoms with Crippen LogP contribution in [0.2, 0.25) is 0 Å². The number of rotatable bonds is 11. The molecule has 2 amide bonds. The molecular formula is C14H26N6O3S. The van der Waals surface area contributed by atoms with Gasteiger partial charge in [0.15, 0.2) is 0 Å². The van der Waals surface area contributed by atoms with Crippen molar-refractivity contribution < 1.29 is 14.3 Å². The van der Waals surface area contributed by atoms with Gasteiger partial charge < -0.3 is 25.4 Å². The number of carbonyl (C=O) groups excluding carboxylic acids is 1. The summed E-state index contributed by atoms with van der Waals surface area (Å²) in [7, 11) is 0. The van der Waals surface area contributed by atoms with Gasteiger partial charge in [0.2, 0.25) is 0 Å². The van der Waals surface area contributed by atoms with Gasteiger partial charge in [-0.3, -0.25) is 0 Å². The molecule has 0 saturated carbocycles. The van der Waals surface area contributed by atoms with Gasteiger partial charge in [-0.1, -0.05) is 5.11 Å². The summed E-state index contributed by atoms with van der Waals surface area (Å²) in [6.07, 6.45) is 0. The van der Waals surface area contributed by atoms with Crippen LogP contribution in [0.15, 0.2) is 5.11 Å². The molecule has 2 heterocycles. The molecule has 9 nitrogen and oxygen atoms in total. The van der Waals surface area contributed by atoms with E-state index in [2.05, 4.69) is 39.8 Å². The van der Waals surface area contributed by atoms with E-state index in [0.717, 1.165) is 18.8 Å². The molecule has 136 valence electrons. The van der Waals surface area contributed by atoms with Gasteiger partial charge in [-0.2, -0.15) is 11.8 Å². The van der Waals surface area contributed by atoms with Gasteiger partial charge in [-0.15, -0.1) is 0 Å². The van der Waals surface area contributed by atoms with E-state index < -0.39 is 0 Å². The number of azide groups is 1. The molecule has 0 radical (unpaired) electrons. The molecule has 3 N–H and O–H groups in total. The molecule has 2 aliphatic rings. The predicted molar refractivity (Wildman–Crippen MR) is 93.2 cm³/mol. The Labute approximate surface area is 146 Å². The van der Waals surface area contributed by atoms with Crippen molar-refractivity contribution in [2.75, 3.05) is 51.8 Å². The molecule has 2 rings (SSSR count). The lowest BCUT2D eigenvalue weighted by molar-refractivity contribution is 0.0518. The van der Waals surface area contributed by atoms with Crippen LogP contribution in [0.3, 0.4) is 0 Å². The third kappa shape index (κ3) is 4.46. The van der Waals surface area contributed by atoms with Gasteiger partial charge in [-0.05, 0) is 19.4 Å². The molecule has 0 aromatic rings. The molecule has 0 aromatic heterocycles. The van der Waals surface area contributed by atoms with Gasteiger partial charge in [-0.25, -0.2) is 4.79 Å². The van der Waals surface area contributed by atoms with Gasteiger partial charge in [0.1, 0.15) is 0 Å². The number of urea groups is 1. The molecule has 0 spiro atoms. The Morgan fingerprint density at radius 2 is 2.08 bits per heavy atom. The van der Waals surface area contributed by atoms with E-state index >= 15 is 0 Å². The van der Waals surface area contributed by atoms with Crippen LogP contribution in [-0.4, -0.2) is 74.2 Å². The maximum Gasteiger partial charge on any atom is 0.315 e. The number of nitrogens with zero attached hydrogens (tertiary/aromatic N) is 3. The highest BCUT2D eigenvalue weighted by molar-refractivity contribution is 8.00. The summed E-state index contributed by atoms with van der Waals surface area (Å²) in [5.41, 5.74) is 7.68. The van der Waals surface area contributed by atoms with Crippen LogP contribution in [0.1, 0.15) is 13.8 Å². The summed E-state index contributed by atoms with van der Waals surface area (Å²) in [6.45, 7) is 8.18. The lowest BCUT2D eigenvalue weighted by atomic mass is 9.80. The van der Waals surface area contributed by atoms with Crippen LogP contribution in [-0.2, 0) is 9.47 Å². The zero-order valence-electron chi connectivity index (χ0n) is 14.2. The number of ether oxygens (including phenoxy) is 2. The highest BCUT2D eigenvalue weighted by Gasteiger charge is 2.60. The molecule has 0 aromatic carbocycles. The molecule has 0 unspecified atom stereocenters. The number of thioether (sulfide) groups is 1. The second-order valence-corrected chi connectivity index (χ2v) is 7.49. The minimum absolute atomic E-state index is 0.0749. The first-order chi connectivity index (χ1) is 11.5. The number of hydrogen-bond acceptors (Lipinski definition) is 6. The van der Waals surface area contributed by atoms with Crippen LogP contribution in [0.5, 0.6) is 0 Å². The lowest BCUT2D eigenvalue weighted by Crippen LogP contribution is -2.60. The van der Waals surface area contributed by atoms with E-state index in [4.69, 9.17) is 15.0 Å². The first-order valence-electron chi connectivity index (χ1n) is 8.11. The van der Waals surface area contributed by atoms with Crippen molar-refractivity contribution in [2.24, 2.45) is 5.11 Å². The van der Waals surface area contributed by atoms with E-state index in [-0.39, 0.29) is 17.1 Å². The minimum Gasteiger partial charge on any atom is -0.379 e. The zero-order valence-corrected chi connectivity index (χ0v) is 15.0. The van der Waals surface area contributed by atoms with E-state index in [0.29, 0.717) is 38.2 Å². The van der Waals surface area contributed by atoms with Crippen molar-refractivity contribution in [2.45, 2.75) is 30.2 Å². The maximum absolute atomic E-state index is 11.7. The summed E-state index contributed by atoms with van der Waals surface area (Å²) >= 11 is 1.88. The zero-order chi connectivity index (χ0) is 17.5. The van der Waals surface area contributed by atoms with Crippen LogP contribution in [0.25, 0.3) is 10.4 Å². The average Bonchev–Trinajstić information content (AvgIpc) is 2.90. The molecule has 0 bridgehead atoms. The Bertz CT molecular complexity index is 489. The summed E-state index contributed by atoms with van der Waals surface area (Å²) in [4.78, 5) is 14.3. The van der Waals surface area contributed by atoms with Crippen LogP contribution in [0.4, 0.5) is 4.79 Å². The Morgan fingerprint density at radius 1 is 1.33 bits per heavy atom. The van der Waals surface area contributed by atoms with E-state index in [9.17, 15) is 4.79 Å². The van der Waals surface area contributed by atoms with Gasteiger partial charge in [0.05, 0.1) is 37.5 Å². The number of fused-ring (bicyclic) bond motifs is 1. The molecule has 2 aliphatic heterocycles. The molecule has 0 aliphatic carbocycles. The minimum atomic E-state index is -0.234. The Morgan fingerprint density at radius 3 is 2.83 bits per heavy atom. The van der Waals surface area contributed by atoms with Crippen molar-refractivity contribution in [3.8, 4) is 0 Å². The van der Waals surface area contributed by atoms with E-state index in [1.165, 1.54) is 0 Å². The molecule has 2 saturated heterocycles. The second kappa shape index (κ2) is 8.77. The molecule has 2 fully saturated rings. The molecule has 10 heteroatoms. The number of nitrogens with one attached hydrogen (secondary N) is 3. The number of amides is 2. The topological polar surface area (TPSA) is 120 Å². The fourth-order valence-corrected chi connectivity index (χ4v) is 4.75. The van der Waals surface area contributed by atoms with Crippen molar-refractivity contribution in [3.63, 3.8) is 0 Å². The fourth-order valence-electron chi connectivity index (χ4n) is 2.95. The van der Waals surface area contributed by atoms with Gasteiger partial charge >= 0.3 is 6.03 Å². The largest absolute Gasteiger partial charge is 0.379 e. The van der Waals surface area contributed by atoms with E-state index in [1.54, 1.807) is 0 Å². The first-order valence-corrected chi connectivity index (χ1v) is 9.16. The summed E-state index contributed by atoms with van der Waals surface area (Å²) in [5, 5.41) is 13.2. The summed E-state index contributed by atoms with van der Waals surface area (Å²) in [6, 6.07) is -0.0749. The summed E-state index contributed by atoms with van der Waals surface area (Å²) in [5.74, 6) is 0.915. The van der Waals surface area contributed by atoms with E-state index in [1.807, 2.05) is 11.8 Å². The third-order valence-electron chi connectivity index (χ3n) is 4.65. The average molecular weight is 358 g/mol. The highest BCUT2D eigenvalue weighted by atomic mass is 32.2. The van der Waals surface area contributed by atoms with Crippen molar-refractivity contribution in [3.05, 3.63) is 10.4 Å².